The SMILES string of the molecule is Cl/C=C/CNC1COC1. The summed E-state index contributed by atoms with van der Waals surface area (Å²) < 4.78 is 4.95. The first-order chi connectivity index (χ1) is 4.43. The van der Waals surface area contributed by atoms with Crippen LogP contribution < -0.4 is 5.32 Å². The van der Waals surface area contributed by atoms with Crippen molar-refractivity contribution in [1.29, 1.82) is 0 Å². The van der Waals surface area contributed by atoms with E-state index in [2.05, 4.69) is 5.32 Å². The Balaban J connectivity index is 1.91. The molecule has 1 saturated heterocycles. The van der Waals surface area contributed by atoms with Crippen LogP contribution >= 0.6 is 11.6 Å². The second kappa shape index (κ2) is 3.88. The maximum atomic E-state index is 5.29. The van der Waals surface area contributed by atoms with Crippen molar-refractivity contribution in [2.24, 2.45) is 0 Å². The lowest BCUT2D eigenvalue weighted by Gasteiger charge is -2.26. The number of nitrogens with one attached hydrogen (secondary N) is 1. The molecule has 3 heteroatoms. The van der Waals surface area contributed by atoms with Gasteiger partial charge in [0.2, 0.25) is 0 Å². The van der Waals surface area contributed by atoms with Crippen LogP contribution in [0.3, 0.4) is 0 Å². The Labute approximate surface area is 59.8 Å². The van der Waals surface area contributed by atoms with Crippen LogP contribution in [0.5, 0.6) is 0 Å². The zero-order valence-electron chi connectivity index (χ0n) is 5.14. The predicted octanol–water partition coefficient (Wildman–Crippen LogP) is 0.727. The molecule has 1 rings (SSSR count). The molecule has 0 atom stereocenters. The fourth-order valence-corrected chi connectivity index (χ4v) is 0.722. The van der Waals surface area contributed by atoms with Gasteiger partial charge in [-0.15, -0.1) is 0 Å². The average molecular weight is 148 g/mol. The van der Waals surface area contributed by atoms with Crippen molar-refractivity contribution in [3.05, 3.63) is 11.6 Å². The first-order valence-corrected chi connectivity index (χ1v) is 3.43. The molecule has 2 nitrogen and oxygen atoms in total. The van der Waals surface area contributed by atoms with E-state index in [0.717, 1.165) is 19.8 Å². The zero-order chi connectivity index (χ0) is 6.53. The summed E-state index contributed by atoms with van der Waals surface area (Å²) in [5.41, 5.74) is 1.52. The van der Waals surface area contributed by atoms with Crippen LogP contribution in [0.1, 0.15) is 0 Å². The fourth-order valence-electron chi connectivity index (χ4n) is 0.633. The number of halogens is 1. The van der Waals surface area contributed by atoms with E-state index in [1.54, 1.807) is 0 Å². The molecule has 52 valence electrons. The Morgan fingerprint density at radius 1 is 1.67 bits per heavy atom. The number of ether oxygens (including phenoxy) is 1. The van der Waals surface area contributed by atoms with Gasteiger partial charge in [-0.05, 0) is 0 Å². The summed E-state index contributed by atoms with van der Waals surface area (Å²) in [6.07, 6.45) is 1.87. The van der Waals surface area contributed by atoms with E-state index < -0.39 is 0 Å². The molecule has 0 radical (unpaired) electrons. The van der Waals surface area contributed by atoms with Crippen molar-refractivity contribution in [2.75, 3.05) is 19.8 Å². The molecule has 0 amide bonds. The Kier molecular flexibility index (Phi) is 3.04. The quantitative estimate of drug-likeness (QED) is 0.636. The Hall–Kier alpha value is -0.0500. The molecule has 1 N–H and O–H groups in total. The second-order valence-corrected chi connectivity index (χ2v) is 2.26. The highest BCUT2D eigenvalue weighted by molar-refractivity contribution is 6.25. The van der Waals surface area contributed by atoms with Crippen molar-refractivity contribution in [1.82, 2.24) is 5.32 Å². The highest BCUT2D eigenvalue weighted by Crippen LogP contribution is 1.98. The van der Waals surface area contributed by atoms with Gasteiger partial charge in [0.05, 0.1) is 19.3 Å². The molecule has 0 aromatic rings. The Bertz CT molecular complexity index is 101. The molecular weight excluding hydrogens is 138 g/mol. The summed E-state index contributed by atoms with van der Waals surface area (Å²) in [7, 11) is 0. The van der Waals surface area contributed by atoms with Crippen LogP contribution in [-0.2, 0) is 4.74 Å². The predicted molar refractivity (Wildman–Crippen MR) is 37.6 cm³/mol. The highest BCUT2D eigenvalue weighted by Gasteiger charge is 2.15. The molecule has 0 aromatic heterocycles. The largest absolute Gasteiger partial charge is 0.378 e. The van der Waals surface area contributed by atoms with Gasteiger partial charge in [0.1, 0.15) is 0 Å². The van der Waals surface area contributed by atoms with E-state index in [1.165, 1.54) is 5.54 Å². The second-order valence-electron chi connectivity index (χ2n) is 2.00. The third-order valence-corrected chi connectivity index (χ3v) is 1.43. The fraction of sp³-hybridized carbons (Fsp3) is 0.667. The van der Waals surface area contributed by atoms with Crippen molar-refractivity contribution in [2.45, 2.75) is 6.04 Å². The topological polar surface area (TPSA) is 21.3 Å². The van der Waals surface area contributed by atoms with E-state index in [0.29, 0.717) is 6.04 Å². The number of hydrogen-bond acceptors (Lipinski definition) is 2. The molecule has 0 aliphatic carbocycles. The minimum Gasteiger partial charge on any atom is -0.378 e. The van der Waals surface area contributed by atoms with Gasteiger partial charge >= 0.3 is 0 Å². The molecule has 9 heavy (non-hydrogen) atoms. The minimum atomic E-state index is 0.554. The van der Waals surface area contributed by atoms with Crippen LogP contribution in [0.25, 0.3) is 0 Å². The molecule has 0 saturated carbocycles. The summed E-state index contributed by atoms with van der Waals surface area (Å²) in [4.78, 5) is 0. The molecule has 1 aliphatic rings. The summed E-state index contributed by atoms with van der Waals surface area (Å²) in [6, 6.07) is 0.554. The monoisotopic (exact) mass is 147 g/mol. The van der Waals surface area contributed by atoms with Crippen molar-refractivity contribution in [3.63, 3.8) is 0 Å². The van der Waals surface area contributed by atoms with Crippen LogP contribution in [0.15, 0.2) is 11.6 Å². The van der Waals surface area contributed by atoms with E-state index >= 15 is 0 Å². The third kappa shape index (κ3) is 2.35. The lowest BCUT2D eigenvalue weighted by molar-refractivity contribution is -0.00345. The summed E-state index contributed by atoms with van der Waals surface area (Å²) >= 11 is 5.29. The maximum absolute atomic E-state index is 5.29. The van der Waals surface area contributed by atoms with Gasteiger partial charge in [0.25, 0.3) is 0 Å². The van der Waals surface area contributed by atoms with Gasteiger partial charge in [0.15, 0.2) is 0 Å². The zero-order valence-corrected chi connectivity index (χ0v) is 5.90. The molecule has 0 unspecified atom stereocenters. The summed E-state index contributed by atoms with van der Waals surface area (Å²) in [6.45, 7) is 2.53. The van der Waals surface area contributed by atoms with Gasteiger partial charge in [-0.2, -0.15) is 0 Å². The van der Waals surface area contributed by atoms with E-state index in [4.69, 9.17) is 16.3 Å². The minimum absolute atomic E-state index is 0.554. The Morgan fingerprint density at radius 2 is 2.44 bits per heavy atom. The van der Waals surface area contributed by atoms with Crippen LogP contribution in [-0.4, -0.2) is 25.8 Å². The van der Waals surface area contributed by atoms with Crippen LogP contribution in [0.4, 0.5) is 0 Å². The molecule has 1 aliphatic heterocycles. The molecule has 1 fully saturated rings. The van der Waals surface area contributed by atoms with Gasteiger partial charge in [-0.3, -0.25) is 0 Å². The van der Waals surface area contributed by atoms with Crippen LogP contribution in [0, 0.1) is 0 Å². The molecule has 0 spiro atoms. The van der Waals surface area contributed by atoms with Crippen molar-refractivity contribution in [3.8, 4) is 0 Å². The summed E-state index contributed by atoms with van der Waals surface area (Å²) in [5, 5.41) is 3.22. The van der Waals surface area contributed by atoms with Crippen LogP contribution in [0.2, 0.25) is 0 Å². The van der Waals surface area contributed by atoms with E-state index in [9.17, 15) is 0 Å². The number of rotatable bonds is 3. The highest BCUT2D eigenvalue weighted by atomic mass is 35.5. The van der Waals surface area contributed by atoms with Gasteiger partial charge in [-0.1, -0.05) is 17.7 Å². The molecule has 0 aromatic carbocycles. The third-order valence-electron chi connectivity index (χ3n) is 1.25. The van der Waals surface area contributed by atoms with E-state index in [1.807, 2.05) is 6.08 Å². The first kappa shape index (κ1) is 7.06. The first-order valence-electron chi connectivity index (χ1n) is 3.00. The lowest BCUT2D eigenvalue weighted by atomic mass is 10.2. The van der Waals surface area contributed by atoms with Gasteiger partial charge in [0, 0.05) is 12.1 Å². The normalized spacial score (nSPS) is 20.6. The standard InChI is InChI=1S/C6H10ClNO/c7-2-1-3-8-6-4-9-5-6/h1-2,6,8H,3-5H2/b2-1+. The van der Waals surface area contributed by atoms with Gasteiger partial charge < -0.3 is 10.1 Å². The van der Waals surface area contributed by atoms with Crippen molar-refractivity contribution >= 4 is 11.6 Å². The molecule has 1 heterocycles. The maximum Gasteiger partial charge on any atom is 0.0643 e. The molecular formula is C6H10ClNO. The lowest BCUT2D eigenvalue weighted by Crippen LogP contribution is -2.45. The van der Waals surface area contributed by atoms with Crippen molar-refractivity contribution < 1.29 is 4.74 Å². The Morgan fingerprint density at radius 3 is 2.89 bits per heavy atom. The molecule has 0 bridgehead atoms. The summed E-state index contributed by atoms with van der Waals surface area (Å²) in [5.74, 6) is 0. The smallest absolute Gasteiger partial charge is 0.0643 e. The van der Waals surface area contributed by atoms with Gasteiger partial charge in [-0.25, -0.2) is 0 Å². The number of hydrogen-bond donors (Lipinski definition) is 1. The van der Waals surface area contributed by atoms with E-state index in [-0.39, 0.29) is 0 Å². The average Bonchev–Trinajstić information content (AvgIpc) is 1.76.